The van der Waals surface area contributed by atoms with Crippen molar-refractivity contribution in [3.05, 3.63) is 43.3 Å². The first-order valence-electron chi connectivity index (χ1n) is 2.32. The Morgan fingerprint density at radius 2 is 2.11 bits per heavy atom. The van der Waals surface area contributed by atoms with Gasteiger partial charge in [0.25, 0.3) is 0 Å². The van der Waals surface area contributed by atoms with Crippen molar-refractivity contribution in [1.29, 1.82) is 0 Å². The summed E-state index contributed by atoms with van der Waals surface area (Å²) in [4.78, 5) is 0. The summed E-state index contributed by atoms with van der Waals surface area (Å²) >= 11 is 0. The Labute approximate surface area is 82.6 Å². The molecule has 44 valence electrons. The summed E-state index contributed by atoms with van der Waals surface area (Å²) in [5, 5.41) is 0. The zero-order chi connectivity index (χ0) is 5.11. The van der Waals surface area contributed by atoms with E-state index in [0.29, 0.717) is 0 Å². The van der Waals surface area contributed by atoms with Gasteiger partial charge in [0.05, 0.1) is 0 Å². The maximum Gasteiger partial charge on any atom is 3.00 e. The van der Waals surface area contributed by atoms with Crippen LogP contribution < -0.4 is 0 Å². The Hall–Kier alpha value is 0.324. The van der Waals surface area contributed by atoms with Gasteiger partial charge in [-0.15, -0.1) is 0 Å². The van der Waals surface area contributed by atoms with Crippen LogP contribution in [0.4, 0.5) is 0 Å². The summed E-state index contributed by atoms with van der Waals surface area (Å²) in [5.74, 6) is 0. The molecule has 0 atom stereocenters. The van der Waals surface area contributed by atoms with E-state index in [1.54, 1.807) is 0 Å². The molecule has 0 bridgehead atoms. The first-order chi connectivity index (χ1) is 3.39. The van der Waals surface area contributed by atoms with Crippen molar-refractivity contribution in [3.63, 3.8) is 0 Å². The van der Waals surface area contributed by atoms with Crippen LogP contribution in [0.25, 0.3) is 0 Å². The standard InChI is InChI=1S/C7H7.CH3.Y/c1-7-5-3-2-4-6-7;;/h2-3,5-6H,1H3;1H3;/q2*-1;+3. The van der Waals surface area contributed by atoms with Crippen LogP contribution in [0, 0.1) is 20.4 Å². The van der Waals surface area contributed by atoms with Gasteiger partial charge in [-0.3, -0.25) is 0 Å². The number of hydrogen-bond donors (Lipinski definition) is 0. The van der Waals surface area contributed by atoms with Crippen molar-refractivity contribution < 1.29 is 32.7 Å². The van der Waals surface area contributed by atoms with E-state index in [1.807, 2.05) is 18.2 Å². The average Bonchev–Trinajstić information content (AvgIpc) is 1.69. The molecule has 1 aromatic carbocycles. The fourth-order valence-electron chi connectivity index (χ4n) is 0.483. The van der Waals surface area contributed by atoms with Crippen LogP contribution in [0.2, 0.25) is 0 Å². The minimum atomic E-state index is 0. The molecule has 0 saturated heterocycles. The van der Waals surface area contributed by atoms with Gasteiger partial charge in [-0.25, -0.2) is 0 Å². The molecule has 0 spiro atoms. The predicted octanol–water partition coefficient (Wildman–Crippen LogP) is 2.24. The molecule has 1 aromatic rings. The summed E-state index contributed by atoms with van der Waals surface area (Å²) < 4.78 is 0. The smallest absolute Gasteiger partial charge is 0.358 e. The van der Waals surface area contributed by atoms with Crippen molar-refractivity contribution in [1.82, 2.24) is 0 Å². The van der Waals surface area contributed by atoms with Crippen molar-refractivity contribution >= 4 is 0 Å². The van der Waals surface area contributed by atoms with Gasteiger partial charge in [-0.2, -0.15) is 35.9 Å². The normalized spacial score (nSPS) is 6.78. The second kappa shape index (κ2) is 6.44. The van der Waals surface area contributed by atoms with Gasteiger partial charge < -0.3 is 7.43 Å². The Morgan fingerprint density at radius 3 is 2.33 bits per heavy atom. The van der Waals surface area contributed by atoms with Crippen molar-refractivity contribution in [2.24, 2.45) is 0 Å². The topological polar surface area (TPSA) is 0 Å². The van der Waals surface area contributed by atoms with Crippen molar-refractivity contribution in [2.75, 3.05) is 0 Å². The summed E-state index contributed by atoms with van der Waals surface area (Å²) in [7, 11) is 0. The van der Waals surface area contributed by atoms with E-state index < -0.39 is 0 Å². The maximum absolute atomic E-state index is 2.96. The minimum Gasteiger partial charge on any atom is -0.358 e. The number of benzene rings is 1. The van der Waals surface area contributed by atoms with Gasteiger partial charge in [0.2, 0.25) is 0 Å². The summed E-state index contributed by atoms with van der Waals surface area (Å²) in [6.45, 7) is 2.05. The van der Waals surface area contributed by atoms with Crippen LogP contribution >= 0.6 is 0 Å². The van der Waals surface area contributed by atoms with Gasteiger partial charge in [0.15, 0.2) is 0 Å². The Kier molecular flexibility index (Phi) is 8.62. The molecule has 0 radical (unpaired) electrons. The molecule has 0 nitrogen and oxygen atoms in total. The Morgan fingerprint density at radius 1 is 1.44 bits per heavy atom. The molecule has 0 aromatic heterocycles. The van der Waals surface area contributed by atoms with Crippen LogP contribution in [0.15, 0.2) is 24.3 Å². The van der Waals surface area contributed by atoms with Crippen LogP contribution in [-0.4, -0.2) is 0 Å². The number of hydrogen-bond acceptors (Lipinski definition) is 0. The van der Waals surface area contributed by atoms with Crippen LogP contribution in [0.3, 0.4) is 0 Å². The summed E-state index contributed by atoms with van der Waals surface area (Å²) in [6, 6.07) is 10.8. The fourth-order valence-corrected chi connectivity index (χ4v) is 0.483. The Bertz CT molecular complexity index is 134. The molecule has 0 unspecified atom stereocenters. The molecule has 0 aliphatic rings. The van der Waals surface area contributed by atoms with E-state index in [4.69, 9.17) is 0 Å². The van der Waals surface area contributed by atoms with E-state index in [9.17, 15) is 0 Å². The zero-order valence-corrected chi connectivity index (χ0v) is 8.73. The second-order valence-electron chi connectivity index (χ2n) is 1.58. The van der Waals surface area contributed by atoms with E-state index >= 15 is 0 Å². The van der Waals surface area contributed by atoms with Gasteiger partial charge >= 0.3 is 32.7 Å². The van der Waals surface area contributed by atoms with E-state index in [1.165, 1.54) is 5.56 Å². The third-order valence-electron chi connectivity index (χ3n) is 0.863. The minimum absolute atomic E-state index is 0. The zero-order valence-electron chi connectivity index (χ0n) is 5.89. The molecule has 0 saturated carbocycles. The van der Waals surface area contributed by atoms with Crippen LogP contribution in [0.5, 0.6) is 0 Å². The fraction of sp³-hybridized carbons (Fsp3) is 0.125. The van der Waals surface area contributed by atoms with Gasteiger partial charge in [0.1, 0.15) is 0 Å². The van der Waals surface area contributed by atoms with Crippen LogP contribution in [0.1, 0.15) is 5.56 Å². The van der Waals surface area contributed by atoms with Gasteiger partial charge in [-0.1, -0.05) is 6.92 Å². The largest absolute Gasteiger partial charge is 3.00 e. The first kappa shape index (κ1) is 12.0. The van der Waals surface area contributed by atoms with E-state index in [0.717, 1.165) is 0 Å². The molecule has 0 amide bonds. The van der Waals surface area contributed by atoms with Crippen molar-refractivity contribution in [3.8, 4) is 0 Å². The second-order valence-corrected chi connectivity index (χ2v) is 1.58. The van der Waals surface area contributed by atoms with E-state index in [2.05, 4.69) is 19.1 Å². The molecule has 0 fully saturated rings. The maximum atomic E-state index is 2.96. The molecule has 0 heterocycles. The molecule has 0 aliphatic carbocycles. The third-order valence-corrected chi connectivity index (χ3v) is 0.863. The number of rotatable bonds is 0. The van der Waals surface area contributed by atoms with Gasteiger partial charge in [-0.05, 0) is 0 Å². The predicted molar refractivity (Wildman–Crippen MR) is 36.4 cm³/mol. The Balaban J connectivity index is 0. The molecular weight excluding hydrogens is 185 g/mol. The van der Waals surface area contributed by atoms with E-state index in [-0.39, 0.29) is 40.1 Å². The SMILES string of the molecule is Cc1c[c-]ccc1.[CH3-].[Y+3]. The molecule has 1 rings (SSSR count). The summed E-state index contributed by atoms with van der Waals surface area (Å²) in [5.41, 5.74) is 1.27. The molecule has 1 heteroatoms. The molecular formula is C8H10Y+. The molecule has 0 aliphatic heterocycles. The monoisotopic (exact) mass is 195 g/mol. The van der Waals surface area contributed by atoms with Crippen LogP contribution in [-0.2, 0) is 32.7 Å². The third kappa shape index (κ3) is 4.80. The average molecular weight is 195 g/mol. The molecule has 0 N–H and O–H groups in total. The first-order valence-corrected chi connectivity index (χ1v) is 2.32. The van der Waals surface area contributed by atoms with Crippen molar-refractivity contribution in [2.45, 2.75) is 6.92 Å². The van der Waals surface area contributed by atoms with Gasteiger partial charge in [0, 0.05) is 0 Å². The summed E-state index contributed by atoms with van der Waals surface area (Å²) in [6.07, 6.45) is 0. The number of aryl methyl sites for hydroxylation is 1. The molecule has 9 heavy (non-hydrogen) atoms. The quantitative estimate of drug-likeness (QED) is 0.557.